The van der Waals surface area contributed by atoms with E-state index in [1.165, 1.54) is 19.1 Å². The minimum atomic E-state index is -4.58. The second-order valence-electron chi connectivity index (χ2n) is 4.00. The molecule has 0 amide bonds. The van der Waals surface area contributed by atoms with E-state index in [0.29, 0.717) is 0 Å². The van der Waals surface area contributed by atoms with Crippen LogP contribution in [0.5, 0.6) is 0 Å². The molecule has 0 radical (unpaired) electrons. The lowest BCUT2D eigenvalue weighted by Gasteiger charge is -2.11. The van der Waals surface area contributed by atoms with Gasteiger partial charge >= 0.3 is 12.1 Å². The monoisotopic (exact) mass is 285 g/mol. The molecule has 2 rings (SSSR count). The van der Waals surface area contributed by atoms with Crippen LogP contribution in [0.3, 0.4) is 0 Å². The fourth-order valence-corrected chi connectivity index (χ4v) is 1.84. The van der Waals surface area contributed by atoms with E-state index >= 15 is 0 Å². The summed E-state index contributed by atoms with van der Waals surface area (Å²) in [6, 6.07) is 4.32. The van der Waals surface area contributed by atoms with Gasteiger partial charge < -0.3 is 9.72 Å². The number of nitrogens with one attached hydrogen (secondary N) is 1. The van der Waals surface area contributed by atoms with Crippen LogP contribution >= 0.6 is 0 Å². The Bertz CT molecular complexity index is 719. The smallest absolute Gasteiger partial charge is 0.417 e. The molecule has 1 heterocycles. The van der Waals surface area contributed by atoms with E-state index in [4.69, 9.17) is 0 Å². The normalized spacial score (nSPS) is 11.6. The van der Waals surface area contributed by atoms with Crippen molar-refractivity contribution in [2.45, 2.75) is 13.1 Å². The van der Waals surface area contributed by atoms with Crippen LogP contribution in [0.4, 0.5) is 13.2 Å². The fourth-order valence-electron chi connectivity index (χ4n) is 1.84. The molecule has 0 aliphatic rings. The van der Waals surface area contributed by atoms with Gasteiger partial charge in [-0.2, -0.15) is 13.2 Å². The average Bonchev–Trinajstić information content (AvgIpc) is 2.36. The van der Waals surface area contributed by atoms with E-state index in [1.54, 1.807) is 0 Å². The quantitative estimate of drug-likeness (QED) is 0.863. The standard InChI is InChI=1S/C13H10F3NO3/c1-2-20-12(19)8-6-7-9(13(14,15)16)4-3-5-10(7)17-11(8)18/h3-6H,2H2,1H3,(H,17,18). The van der Waals surface area contributed by atoms with Gasteiger partial charge in [0.25, 0.3) is 5.56 Å². The van der Waals surface area contributed by atoms with Crippen LogP contribution < -0.4 is 5.56 Å². The molecule has 0 spiro atoms. The summed E-state index contributed by atoms with van der Waals surface area (Å²) in [6.45, 7) is 1.56. The molecular formula is C13H10F3NO3. The first-order chi connectivity index (χ1) is 9.34. The maximum Gasteiger partial charge on any atom is 0.417 e. The van der Waals surface area contributed by atoms with Crippen LogP contribution in [0.2, 0.25) is 0 Å². The highest BCUT2D eigenvalue weighted by Crippen LogP contribution is 2.34. The number of fused-ring (bicyclic) bond motifs is 1. The first-order valence-corrected chi connectivity index (χ1v) is 5.75. The van der Waals surface area contributed by atoms with Crippen LogP contribution in [0.25, 0.3) is 10.9 Å². The van der Waals surface area contributed by atoms with E-state index in [9.17, 15) is 22.8 Å². The summed E-state index contributed by atoms with van der Waals surface area (Å²) < 4.78 is 43.3. The highest BCUT2D eigenvalue weighted by Gasteiger charge is 2.33. The van der Waals surface area contributed by atoms with Gasteiger partial charge in [-0.1, -0.05) is 6.07 Å². The Morgan fingerprint density at radius 3 is 2.65 bits per heavy atom. The molecule has 0 fully saturated rings. The molecule has 0 bridgehead atoms. The largest absolute Gasteiger partial charge is 0.462 e. The van der Waals surface area contributed by atoms with Crippen LogP contribution in [0.15, 0.2) is 29.1 Å². The van der Waals surface area contributed by atoms with Gasteiger partial charge in [0, 0.05) is 10.9 Å². The number of ether oxygens (including phenoxy) is 1. The summed E-state index contributed by atoms with van der Waals surface area (Å²) in [5, 5.41) is -0.248. The molecule has 0 atom stereocenters. The molecule has 20 heavy (non-hydrogen) atoms. The number of aromatic nitrogens is 1. The summed E-state index contributed by atoms with van der Waals surface area (Å²) in [7, 11) is 0. The van der Waals surface area contributed by atoms with Crippen molar-refractivity contribution in [3.8, 4) is 0 Å². The molecule has 0 saturated heterocycles. The maximum atomic E-state index is 12.9. The van der Waals surface area contributed by atoms with Gasteiger partial charge in [0.05, 0.1) is 12.2 Å². The highest BCUT2D eigenvalue weighted by molar-refractivity contribution is 5.94. The average molecular weight is 285 g/mol. The van der Waals surface area contributed by atoms with Gasteiger partial charge in [-0.3, -0.25) is 4.79 Å². The Kier molecular flexibility index (Phi) is 3.52. The summed E-state index contributed by atoms with van der Waals surface area (Å²) >= 11 is 0. The van der Waals surface area contributed by atoms with E-state index in [1.807, 2.05) is 0 Å². The zero-order valence-corrected chi connectivity index (χ0v) is 10.4. The van der Waals surface area contributed by atoms with Gasteiger partial charge in [-0.25, -0.2) is 4.79 Å². The number of carbonyl (C=O) groups excluding carboxylic acids is 1. The number of hydrogen-bond acceptors (Lipinski definition) is 3. The minimum absolute atomic E-state index is 0.0119. The number of aromatic amines is 1. The van der Waals surface area contributed by atoms with Crippen LogP contribution in [0, 0.1) is 0 Å². The third-order valence-corrected chi connectivity index (χ3v) is 2.69. The van der Waals surface area contributed by atoms with E-state index in [-0.39, 0.29) is 17.5 Å². The summed E-state index contributed by atoms with van der Waals surface area (Å²) in [5.41, 5.74) is -2.14. The topological polar surface area (TPSA) is 59.2 Å². The van der Waals surface area contributed by atoms with Gasteiger partial charge in [-0.05, 0) is 25.1 Å². The number of alkyl halides is 3. The number of H-pyrrole nitrogens is 1. The summed E-state index contributed by atoms with van der Waals surface area (Å²) in [5.74, 6) is -0.951. The Morgan fingerprint density at radius 2 is 2.05 bits per heavy atom. The third kappa shape index (κ3) is 2.52. The number of pyridine rings is 1. The predicted octanol–water partition coefficient (Wildman–Crippen LogP) is 2.72. The molecule has 2 aromatic rings. The van der Waals surface area contributed by atoms with E-state index in [0.717, 1.165) is 12.1 Å². The Balaban J connectivity index is 2.73. The second kappa shape index (κ2) is 4.99. The van der Waals surface area contributed by atoms with Crippen molar-refractivity contribution in [2.75, 3.05) is 6.61 Å². The van der Waals surface area contributed by atoms with Gasteiger partial charge in [0.1, 0.15) is 5.56 Å². The Hall–Kier alpha value is -2.31. The molecule has 1 N–H and O–H groups in total. The number of rotatable bonds is 2. The van der Waals surface area contributed by atoms with Gasteiger partial charge in [0.2, 0.25) is 0 Å². The van der Waals surface area contributed by atoms with Gasteiger partial charge in [0.15, 0.2) is 0 Å². The number of halogens is 3. The van der Waals surface area contributed by atoms with Crippen LogP contribution in [0.1, 0.15) is 22.8 Å². The first kappa shape index (κ1) is 14.1. The minimum Gasteiger partial charge on any atom is -0.462 e. The zero-order valence-electron chi connectivity index (χ0n) is 10.4. The van der Waals surface area contributed by atoms with Crippen molar-refractivity contribution in [1.29, 1.82) is 0 Å². The molecule has 1 aromatic heterocycles. The molecular weight excluding hydrogens is 275 g/mol. The molecule has 4 nitrogen and oxygen atoms in total. The maximum absolute atomic E-state index is 12.9. The SMILES string of the molecule is CCOC(=O)c1cc2c(C(F)(F)F)cccc2[nH]c1=O. The molecule has 1 aromatic carbocycles. The van der Waals surface area contributed by atoms with Crippen molar-refractivity contribution >= 4 is 16.9 Å². The summed E-state index contributed by atoms with van der Waals surface area (Å²) in [6.07, 6.45) is -4.58. The molecule has 0 aliphatic heterocycles. The van der Waals surface area contributed by atoms with E-state index in [2.05, 4.69) is 9.72 Å². The lowest BCUT2D eigenvalue weighted by molar-refractivity contribution is -0.136. The Labute approximate surface area is 111 Å². The van der Waals surface area contributed by atoms with Gasteiger partial charge in [-0.15, -0.1) is 0 Å². The Morgan fingerprint density at radius 1 is 1.35 bits per heavy atom. The molecule has 0 saturated carbocycles. The zero-order chi connectivity index (χ0) is 14.9. The fraction of sp³-hybridized carbons (Fsp3) is 0.231. The number of esters is 1. The molecule has 0 aliphatic carbocycles. The predicted molar refractivity (Wildman–Crippen MR) is 65.5 cm³/mol. The van der Waals surface area contributed by atoms with Crippen molar-refractivity contribution in [1.82, 2.24) is 4.98 Å². The highest BCUT2D eigenvalue weighted by atomic mass is 19.4. The molecule has 7 heteroatoms. The third-order valence-electron chi connectivity index (χ3n) is 2.69. The van der Waals surface area contributed by atoms with Crippen molar-refractivity contribution in [2.24, 2.45) is 0 Å². The second-order valence-corrected chi connectivity index (χ2v) is 4.00. The number of carbonyl (C=O) groups is 1. The first-order valence-electron chi connectivity index (χ1n) is 5.75. The number of hydrogen-bond donors (Lipinski definition) is 1. The lowest BCUT2D eigenvalue weighted by atomic mass is 10.1. The molecule has 0 unspecified atom stereocenters. The number of benzene rings is 1. The molecule has 106 valence electrons. The summed E-state index contributed by atoms with van der Waals surface area (Å²) in [4.78, 5) is 25.5. The van der Waals surface area contributed by atoms with Crippen molar-refractivity contribution in [3.05, 3.63) is 45.7 Å². The van der Waals surface area contributed by atoms with Crippen molar-refractivity contribution in [3.63, 3.8) is 0 Å². The van der Waals surface area contributed by atoms with Crippen LogP contribution in [-0.4, -0.2) is 17.6 Å². The lowest BCUT2D eigenvalue weighted by Crippen LogP contribution is -2.20. The van der Waals surface area contributed by atoms with E-state index < -0.39 is 28.8 Å². The van der Waals surface area contributed by atoms with Crippen LogP contribution in [-0.2, 0) is 10.9 Å². The van der Waals surface area contributed by atoms with Crippen molar-refractivity contribution < 1.29 is 22.7 Å².